The van der Waals surface area contributed by atoms with Gasteiger partial charge in [-0.05, 0) is 36.6 Å². The first-order chi connectivity index (χ1) is 13.4. The lowest BCUT2D eigenvalue weighted by atomic mass is 10.0. The maximum atomic E-state index is 13.1. The average Bonchev–Trinajstić information content (AvgIpc) is 2.70. The Morgan fingerprint density at radius 2 is 1.71 bits per heavy atom. The molecule has 0 aliphatic heterocycles. The van der Waals surface area contributed by atoms with Crippen LogP contribution in [0.2, 0.25) is 5.02 Å². The molecule has 2 rings (SSSR count). The Bertz CT molecular complexity index is 779. The fourth-order valence-corrected chi connectivity index (χ4v) is 3.24. The van der Waals surface area contributed by atoms with Crippen LogP contribution in [0.25, 0.3) is 0 Å². The van der Waals surface area contributed by atoms with Gasteiger partial charge in [-0.15, -0.1) is 0 Å². The Morgan fingerprint density at radius 3 is 2.32 bits per heavy atom. The summed E-state index contributed by atoms with van der Waals surface area (Å²) in [5.41, 5.74) is 1.93. The number of hydrogen-bond acceptors (Lipinski definition) is 2. The highest BCUT2D eigenvalue weighted by Gasteiger charge is 2.30. The van der Waals surface area contributed by atoms with E-state index in [0.29, 0.717) is 24.4 Å². The van der Waals surface area contributed by atoms with Crippen molar-refractivity contribution in [3.8, 4) is 0 Å². The summed E-state index contributed by atoms with van der Waals surface area (Å²) in [6.45, 7) is 6.16. The third kappa shape index (κ3) is 6.38. The van der Waals surface area contributed by atoms with Crippen molar-refractivity contribution in [2.75, 3.05) is 0 Å². The van der Waals surface area contributed by atoms with Crippen molar-refractivity contribution in [3.63, 3.8) is 0 Å². The van der Waals surface area contributed by atoms with Crippen LogP contribution in [0.4, 0.5) is 0 Å². The molecule has 0 unspecified atom stereocenters. The zero-order valence-electron chi connectivity index (χ0n) is 16.8. The molecule has 2 aromatic carbocycles. The zero-order valence-corrected chi connectivity index (χ0v) is 17.6. The van der Waals surface area contributed by atoms with Gasteiger partial charge < -0.3 is 10.2 Å². The Hall–Kier alpha value is -2.33. The summed E-state index contributed by atoms with van der Waals surface area (Å²) in [5, 5.41) is 3.66. The standard InChI is InChI=1S/C23H29ClN2O2/c1-4-17(3)25-23(28)21(15-18-10-7-6-8-11-18)26(22(27)5-2)16-19-12-9-13-20(24)14-19/h6-14,17,21H,4-5,15-16H2,1-3H3,(H,25,28)/t17-,21+/m1/s1. The van der Waals surface area contributed by atoms with Crippen molar-refractivity contribution in [3.05, 3.63) is 70.7 Å². The summed E-state index contributed by atoms with van der Waals surface area (Å²) < 4.78 is 0. The third-order valence-corrected chi connectivity index (χ3v) is 5.05. The van der Waals surface area contributed by atoms with E-state index in [-0.39, 0.29) is 17.9 Å². The molecule has 150 valence electrons. The number of hydrogen-bond donors (Lipinski definition) is 1. The molecule has 4 nitrogen and oxygen atoms in total. The normalized spacial score (nSPS) is 12.9. The summed E-state index contributed by atoms with van der Waals surface area (Å²) >= 11 is 6.12. The molecule has 0 aromatic heterocycles. The van der Waals surface area contributed by atoms with Crippen molar-refractivity contribution in [2.24, 2.45) is 0 Å². The second-order valence-electron chi connectivity index (χ2n) is 7.03. The quantitative estimate of drug-likeness (QED) is 0.668. The lowest BCUT2D eigenvalue weighted by Gasteiger charge is -2.32. The zero-order chi connectivity index (χ0) is 20.5. The Labute approximate surface area is 172 Å². The molecule has 28 heavy (non-hydrogen) atoms. The van der Waals surface area contributed by atoms with Gasteiger partial charge in [0.25, 0.3) is 0 Å². The molecule has 2 aromatic rings. The first-order valence-electron chi connectivity index (χ1n) is 9.82. The van der Waals surface area contributed by atoms with Gasteiger partial charge in [0.15, 0.2) is 0 Å². The van der Waals surface area contributed by atoms with E-state index in [0.717, 1.165) is 17.5 Å². The van der Waals surface area contributed by atoms with Crippen LogP contribution < -0.4 is 5.32 Å². The summed E-state index contributed by atoms with van der Waals surface area (Å²) in [4.78, 5) is 27.6. The van der Waals surface area contributed by atoms with Gasteiger partial charge in [-0.2, -0.15) is 0 Å². The molecule has 0 aliphatic carbocycles. The van der Waals surface area contributed by atoms with Crippen molar-refractivity contribution in [2.45, 2.75) is 58.7 Å². The third-order valence-electron chi connectivity index (χ3n) is 4.82. The van der Waals surface area contributed by atoms with E-state index >= 15 is 0 Å². The lowest BCUT2D eigenvalue weighted by molar-refractivity contribution is -0.141. The van der Waals surface area contributed by atoms with Gasteiger partial charge in [0, 0.05) is 30.5 Å². The largest absolute Gasteiger partial charge is 0.352 e. The summed E-state index contributed by atoms with van der Waals surface area (Å²) in [5.74, 6) is -0.178. The van der Waals surface area contributed by atoms with Crippen LogP contribution in [0.3, 0.4) is 0 Å². The molecule has 0 aliphatic rings. The second kappa shape index (κ2) is 10.9. The molecule has 0 spiro atoms. The van der Waals surface area contributed by atoms with Crippen LogP contribution in [0.1, 0.15) is 44.7 Å². The highest BCUT2D eigenvalue weighted by atomic mass is 35.5. The van der Waals surface area contributed by atoms with Gasteiger partial charge in [-0.1, -0.05) is 67.9 Å². The van der Waals surface area contributed by atoms with E-state index in [4.69, 9.17) is 11.6 Å². The molecule has 2 atom stereocenters. The Balaban J connectivity index is 2.35. The lowest BCUT2D eigenvalue weighted by Crippen LogP contribution is -2.52. The van der Waals surface area contributed by atoms with Crippen LogP contribution in [-0.2, 0) is 22.6 Å². The first-order valence-corrected chi connectivity index (χ1v) is 10.2. The second-order valence-corrected chi connectivity index (χ2v) is 7.46. The molecule has 0 bridgehead atoms. The van der Waals surface area contributed by atoms with Crippen LogP contribution in [-0.4, -0.2) is 28.8 Å². The number of benzene rings is 2. The predicted molar refractivity (Wildman–Crippen MR) is 114 cm³/mol. The Kier molecular flexibility index (Phi) is 8.52. The van der Waals surface area contributed by atoms with Gasteiger partial charge in [0.1, 0.15) is 6.04 Å². The molecule has 5 heteroatoms. The fourth-order valence-electron chi connectivity index (χ4n) is 3.03. The fraction of sp³-hybridized carbons (Fsp3) is 0.391. The van der Waals surface area contributed by atoms with Crippen molar-refractivity contribution < 1.29 is 9.59 Å². The van der Waals surface area contributed by atoms with E-state index < -0.39 is 6.04 Å². The molecular formula is C23H29ClN2O2. The molecule has 0 saturated carbocycles. The SMILES string of the molecule is CCC(=O)N(Cc1cccc(Cl)c1)[C@@H](Cc1ccccc1)C(=O)N[C@H](C)CC. The van der Waals surface area contributed by atoms with E-state index in [1.807, 2.05) is 69.3 Å². The predicted octanol–water partition coefficient (Wildman–Crippen LogP) is 4.60. The molecule has 1 N–H and O–H groups in total. The minimum Gasteiger partial charge on any atom is -0.352 e. The first kappa shape index (κ1) is 22.0. The maximum absolute atomic E-state index is 13.1. The van der Waals surface area contributed by atoms with Gasteiger partial charge in [0.05, 0.1) is 0 Å². The summed E-state index contributed by atoms with van der Waals surface area (Å²) in [7, 11) is 0. The highest BCUT2D eigenvalue weighted by molar-refractivity contribution is 6.30. The minimum atomic E-state index is -0.581. The Morgan fingerprint density at radius 1 is 1.04 bits per heavy atom. The number of carbonyl (C=O) groups excluding carboxylic acids is 2. The summed E-state index contributed by atoms with van der Waals surface area (Å²) in [6, 6.07) is 16.7. The molecule has 0 fully saturated rings. The smallest absolute Gasteiger partial charge is 0.243 e. The van der Waals surface area contributed by atoms with E-state index in [1.54, 1.807) is 11.0 Å². The number of nitrogens with zero attached hydrogens (tertiary/aromatic N) is 1. The van der Waals surface area contributed by atoms with Gasteiger partial charge in [0.2, 0.25) is 11.8 Å². The highest BCUT2D eigenvalue weighted by Crippen LogP contribution is 2.18. The number of carbonyl (C=O) groups is 2. The molecule has 2 amide bonds. The molecule has 0 radical (unpaired) electrons. The number of nitrogens with one attached hydrogen (secondary N) is 1. The number of halogens is 1. The number of rotatable bonds is 9. The monoisotopic (exact) mass is 400 g/mol. The van der Waals surface area contributed by atoms with Crippen molar-refractivity contribution in [1.29, 1.82) is 0 Å². The maximum Gasteiger partial charge on any atom is 0.243 e. The van der Waals surface area contributed by atoms with E-state index in [2.05, 4.69) is 5.32 Å². The van der Waals surface area contributed by atoms with E-state index in [9.17, 15) is 9.59 Å². The topological polar surface area (TPSA) is 49.4 Å². The summed E-state index contributed by atoms with van der Waals surface area (Å²) in [6.07, 6.45) is 1.64. The van der Waals surface area contributed by atoms with Gasteiger partial charge >= 0.3 is 0 Å². The molecule has 0 heterocycles. The van der Waals surface area contributed by atoms with Crippen LogP contribution >= 0.6 is 11.6 Å². The van der Waals surface area contributed by atoms with Crippen LogP contribution in [0, 0.1) is 0 Å². The van der Waals surface area contributed by atoms with Gasteiger partial charge in [-0.25, -0.2) is 0 Å². The number of amides is 2. The molecule has 0 saturated heterocycles. The molecular weight excluding hydrogens is 372 g/mol. The van der Waals surface area contributed by atoms with Crippen LogP contribution in [0.5, 0.6) is 0 Å². The van der Waals surface area contributed by atoms with E-state index in [1.165, 1.54) is 0 Å². The average molecular weight is 401 g/mol. The van der Waals surface area contributed by atoms with Crippen LogP contribution in [0.15, 0.2) is 54.6 Å². The minimum absolute atomic E-state index is 0.0514. The van der Waals surface area contributed by atoms with Gasteiger partial charge in [-0.3, -0.25) is 9.59 Å². The van der Waals surface area contributed by atoms with Crippen molar-refractivity contribution >= 4 is 23.4 Å². The van der Waals surface area contributed by atoms with Crippen molar-refractivity contribution in [1.82, 2.24) is 10.2 Å².